The summed E-state index contributed by atoms with van der Waals surface area (Å²) in [7, 11) is -3.97. The molecule has 0 aliphatic carbocycles. The van der Waals surface area contributed by atoms with Gasteiger partial charge in [-0.3, -0.25) is 10.2 Å². The van der Waals surface area contributed by atoms with Crippen molar-refractivity contribution in [1.82, 2.24) is 10.3 Å². The standard InChI is InChI=1S/C11H14Cl2N2O3S/c1-4-9(16)14-15-19(17,18)11-7(3)8(12)5-6(2)10(11)13/h5,15H,4H2,1-3H3,(H,14,16). The molecule has 8 heteroatoms. The van der Waals surface area contributed by atoms with E-state index in [0.29, 0.717) is 16.1 Å². The molecule has 1 amide bonds. The summed E-state index contributed by atoms with van der Waals surface area (Å²) >= 11 is 12.0. The molecule has 0 bridgehead atoms. The maximum absolute atomic E-state index is 12.1. The van der Waals surface area contributed by atoms with E-state index in [1.165, 1.54) is 0 Å². The lowest BCUT2D eigenvalue weighted by Crippen LogP contribution is -2.41. The van der Waals surface area contributed by atoms with E-state index in [-0.39, 0.29) is 16.3 Å². The molecule has 1 rings (SSSR count). The van der Waals surface area contributed by atoms with Gasteiger partial charge in [-0.15, -0.1) is 4.83 Å². The second kappa shape index (κ2) is 6.09. The first kappa shape index (κ1) is 16.2. The van der Waals surface area contributed by atoms with Crippen LogP contribution < -0.4 is 10.3 Å². The van der Waals surface area contributed by atoms with Crippen LogP contribution in [0.5, 0.6) is 0 Å². The number of benzene rings is 1. The van der Waals surface area contributed by atoms with Crippen molar-refractivity contribution in [1.29, 1.82) is 0 Å². The SMILES string of the molecule is CCC(=O)NNS(=O)(=O)c1c(C)c(Cl)cc(C)c1Cl. The zero-order chi connectivity index (χ0) is 14.8. The van der Waals surface area contributed by atoms with Gasteiger partial charge in [-0.2, -0.15) is 0 Å². The second-order valence-corrected chi connectivity index (χ2v) is 6.36. The summed E-state index contributed by atoms with van der Waals surface area (Å²) in [6.45, 7) is 4.80. The van der Waals surface area contributed by atoms with Crippen molar-refractivity contribution in [3.63, 3.8) is 0 Å². The van der Waals surface area contributed by atoms with Crippen molar-refractivity contribution in [2.45, 2.75) is 32.1 Å². The molecule has 1 aromatic rings. The zero-order valence-corrected chi connectivity index (χ0v) is 13.0. The van der Waals surface area contributed by atoms with Gasteiger partial charge in [0, 0.05) is 11.4 Å². The molecule has 1 aromatic carbocycles. The quantitative estimate of drug-likeness (QED) is 0.834. The van der Waals surface area contributed by atoms with Gasteiger partial charge < -0.3 is 0 Å². The smallest absolute Gasteiger partial charge is 0.259 e. The van der Waals surface area contributed by atoms with E-state index >= 15 is 0 Å². The average Bonchev–Trinajstić information content (AvgIpc) is 2.33. The largest absolute Gasteiger partial charge is 0.278 e. The molecule has 0 heterocycles. The Morgan fingerprint density at radius 2 is 1.89 bits per heavy atom. The molecular formula is C11H14Cl2N2O3S. The lowest BCUT2D eigenvalue weighted by molar-refractivity contribution is -0.121. The molecule has 106 valence electrons. The van der Waals surface area contributed by atoms with Crippen LogP contribution in [-0.4, -0.2) is 14.3 Å². The van der Waals surface area contributed by atoms with Crippen LogP contribution in [0.2, 0.25) is 10.0 Å². The molecule has 0 radical (unpaired) electrons. The van der Waals surface area contributed by atoms with Crippen LogP contribution in [0.1, 0.15) is 24.5 Å². The number of hydrogen-bond donors (Lipinski definition) is 2. The molecule has 0 atom stereocenters. The number of rotatable bonds is 4. The highest BCUT2D eigenvalue weighted by Gasteiger charge is 2.24. The molecule has 0 saturated carbocycles. The molecule has 0 aromatic heterocycles. The molecule has 0 aliphatic rings. The Morgan fingerprint density at radius 3 is 2.42 bits per heavy atom. The van der Waals surface area contributed by atoms with Crippen LogP contribution >= 0.6 is 23.2 Å². The molecule has 0 saturated heterocycles. The normalized spacial score (nSPS) is 11.4. The molecule has 0 fully saturated rings. The summed E-state index contributed by atoms with van der Waals surface area (Å²) in [4.78, 5) is 13.0. The molecule has 0 unspecified atom stereocenters. The molecule has 5 nitrogen and oxygen atoms in total. The fourth-order valence-electron chi connectivity index (χ4n) is 1.40. The van der Waals surface area contributed by atoms with Crippen LogP contribution in [0.15, 0.2) is 11.0 Å². The van der Waals surface area contributed by atoms with Gasteiger partial charge in [0.1, 0.15) is 4.90 Å². The van der Waals surface area contributed by atoms with Crippen molar-refractivity contribution in [2.24, 2.45) is 0 Å². The Balaban J connectivity index is 3.25. The van der Waals surface area contributed by atoms with Crippen LogP contribution in [0.4, 0.5) is 0 Å². The Bertz CT molecular complexity index is 589. The minimum absolute atomic E-state index is 0.0835. The average molecular weight is 325 g/mol. The van der Waals surface area contributed by atoms with Crippen molar-refractivity contribution >= 4 is 39.1 Å². The predicted molar refractivity (Wildman–Crippen MR) is 74.7 cm³/mol. The summed E-state index contributed by atoms with van der Waals surface area (Å²) in [5, 5.41) is 0.379. The Kier molecular flexibility index (Phi) is 5.20. The van der Waals surface area contributed by atoms with E-state index in [1.54, 1.807) is 26.8 Å². The first-order valence-electron chi connectivity index (χ1n) is 5.46. The Morgan fingerprint density at radius 1 is 1.32 bits per heavy atom. The number of sulfonamides is 1. The lowest BCUT2D eigenvalue weighted by atomic mass is 10.2. The van der Waals surface area contributed by atoms with Gasteiger partial charge in [-0.25, -0.2) is 8.42 Å². The topological polar surface area (TPSA) is 75.3 Å². The maximum atomic E-state index is 12.1. The van der Waals surface area contributed by atoms with E-state index in [1.807, 2.05) is 4.83 Å². The number of carbonyl (C=O) groups is 1. The minimum Gasteiger partial charge on any atom is -0.278 e. The number of halogens is 2. The number of amides is 1. The Hall–Kier alpha value is -0.820. The summed E-state index contributed by atoms with van der Waals surface area (Å²) in [6, 6.07) is 1.59. The number of carbonyl (C=O) groups excluding carboxylic acids is 1. The molecule has 0 spiro atoms. The van der Waals surface area contributed by atoms with Gasteiger partial charge in [-0.1, -0.05) is 30.1 Å². The van der Waals surface area contributed by atoms with E-state index in [2.05, 4.69) is 5.43 Å². The van der Waals surface area contributed by atoms with Gasteiger partial charge in [0.05, 0.1) is 5.02 Å². The third-order valence-electron chi connectivity index (χ3n) is 2.50. The van der Waals surface area contributed by atoms with Crippen molar-refractivity contribution in [2.75, 3.05) is 0 Å². The van der Waals surface area contributed by atoms with Crippen LogP contribution in [0, 0.1) is 13.8 Å². The number of hydrogen-bond acceptors (Lipinski definition) is 3. The van der Waals surface area contributed by atoms with Crippen LogP contribution in [0.25, 0.3) is 0 Å². The number of aryl methyl sites for hydroxylation is 1. The third kappa shape index (κ3) is 3.60. The van der Waals surface area contributed by atoms with Crippen molar-refractivity contribution < 1.29 is 13.2 Å². The zero-order valence-electron chi connectivity index (χ0n) is 10.7. The fourth-order valence-corrected chi connectivity index (χ4v) is 3.47. The van der Waals surface area contributed by atoms with E-state index in [0.717, 1.165) is 0 Å². The summed E-state index contributed by atoms with van der Waals surface area (Å²) in [5.74, 6) is -0.448. The summed E-state index contributed by atoms with van der Waals surface area (Å²) in [6.07, 6.45) is 0.157. The minimum atomic E-state index is -3.97. The predicted octanol–water partition coefficient (Wildman–Crippen LogP) is 2.33. The summed E-state index contributed by atoms with van der Waals surface area (Å²) in [5.41, 5.74) is 2.96. The highest BCUT2D eigenvalue weighted by atomic mass is 35.5. The maximum Gasteiger partial charge on any atom is 0.259 e. The van der Waals surface area contributed by atoms with Gasteiger partial charge in [0.25, 0.3) is 10.0 Å². The number of nitrogens with one attached hydrogen (secondary N) is 2. The van der Waals surface area contributed by atoms with Crippen LogP contribution in [-0.2, 0) is 14.8 Å². The first-order valence-corrected chi connectivity index (χ1v) is 7.70. The van der Waals surface area contributed by atoms with Crippen molar-refractivity contribution in [3.05, 3.63) is 27.2 Å². The molecule has 0 aliphatic heterocycles. The molecular weight excluding hydrogens is 311 g/mol. The van der Waals surface area contributed by atoms with Gasteiger partial charge in [0.15, 0.2) is 0 Å². The molecule has 2 N–H and O–H groups in total. The lowest BCUT2D eigenvalue weighted by Gasteiger charge is -2.14. The number of hydrazine groups is 1. The Labute approximate surface area is 122 Å². The first-order chi connectivity index (χ1) is 8.70. The van der Waals surface area contributed by atoms with Gasteiger partial charge in [0.2, 0.25) is 5.91 Å². The van der Waals surface area contributed by atoms with Gasteiger partial charge in [-0.05, 0) is 31.0 Å². The second-order valence-electron chi connectivity index (χ2n) is 3.95. The summed E-state index contributed by atoms with van der Waals surface area (Å²) < 4.78 is 24.3. The highest BCUT2D eigenvalue weighted by Crippen LogP contribution is 2.32. The van der Waals surface area contributed by atoms with E-state index in [9.17, 15) is 13.2 Å². The van der Waals surface area contributed by atoms with E-state index < -0.39 is 15.9 Å². The van der Waals surface area contributed by atoms with Gasteiger partial charge >= 0.3 is 0 Å². The monoisotopic (exact) mass is 324 g/mol. The molecule has 19 heavy (non-hydrogen) atoms. The van der Waals surface area contributed by atoms with Crippen LogP contribution in [0.3, 0.4) is 0 Å². The highest BCUT2D eigenvalue weighted by molar-refractivity contribution is 7.89. The third-order valence-corrected chi connectivity index (χ3v) is 4.91. The van der Waals surface area contributed by atoms with Crippen molar-refractivity contribution in [3.8, 4) is 0 Å². The van der Waals surface area contributed by atoms with E-state index in [4.69, 9.17) is 23.2 Å². The fraction of sp³-hybridized carbons (Fsp3) is 0.364.